The van der Waals surface area contributed by atoms with E-state index in [9.17, 15) is 4.79 Å². The van der Waals surface area contributed by atoms with Crippen LogP contribution in [0.5, 0.6) is 11.5 Å². The number of ether oxygens (including phenoxy) is 2. The summed E-state index contributed by atoms with van der Waals surface area (Å²) in [6, 6.07) is 14.3. The minimum absolute atomic E-state index is 0.0329. The number of anilines is 1. The zero-order valence-corrected chi connectivity index (χ0v) is 17.5. The predicted octanol–water partition coefficient (Wildman–Crippen LogP) is 4.31. The maximum absolute atomic E-state index is 12.7. The van der Waals surface area contributed by atoms with Gasteiger partial charge in [0, 0.05) is 12.6 Å². The number of carbonyl (C=O) groups is 1. The third-order valence-electron chi connectivity index (χ3n) is 4.87. The topological polar surface area (TPSA) is 63.7 Å². The molecule has 152 valence electrons. The smallest absolute Gasteiger partial charge is 0.240 e. The molecule has 3 aromatic rings. The Hall–Kier alpha value is -2.64. The molecule has 4 rings (SSSR count). The second-order valence-corrected chi connectivity index (χ2v) is 8.14. The standard InChI is InChI=1S/C22H25N3O3S/c1-3-28-18-10-11-19-20(12-18)29-22(23-19)24-21(26)14-25(16-6-7-16)13-15-4-8-17(27-2)9-5-15/h4-5,8-12,16H,3,6-7,13-14H2,1-2H3,(H,23,24,26). The third kappa shape index (κ3) is 5.05. The molecule has 0 spiro atoms. The van der Waals surface area contributed by atoms with Crippen molar-refractivity contribution < 1.29 is 14.3 Å². The van der Waals surface area contributed by atoms with Crippen LogP contribution in [0, 0.1) is 0 Å². The summed E-state index contributed by atoms with van der Waals surface area (Å²) in [6.07, 6.45) is 2.29. The van der Waals surface area contributed by atoms with Gasteiger partial charge in [-0.2, -0.15) is 0 Å². The molecule has 1 heterocycles. The van der Waals surface area contributed by atoms with Gasteiger partial charge >= 0.3 is 0 Å². The van der Waals surface area contributed by atoms with Gasteiger partial charge in [-0.05, 0) is 55.7 Å². The number of carbonyl (C=O) groups excluding carboxylic acids is 1. The molecule has 1 saturated carbocycles. The van der Waals surface area contributed by atoms with Gasteiger partial charge in [0.15, 0.2) is 5.13 Å². The van der Waals surface area contributed by atoms with Gasteiger partial charge in [-0.25, -0.2) is 4.98 Å². The van der Waals surface area contributed by atoms with Crippen LogP contribution in [0.4, 0.5) is 5.13 Å². The first kappa shape index (κ1) is 19.7. The summed E-state index contributed by atoms with van der Waals surface area (Å²) in [7, 11) is 1.66. The molecule has 1 amide bonds. The first-order valence-corrected chi connectivity index (χ1v) is 10.7. The molecule has 0 bridgehead atoms. The first-order chi connectivity index (χ1) is 14.1. The van der Waals surface area contributed by atoms with Crippen molar-refractivity contribution in [2.45, 2.75) is 32.4 Å². The third-order valence-corrected chi connectivity index (χ3v) is 5.81. The van der Waals surface area contributed by atoms with Gasteiger partial charge in [0.05, 0.1) is 30.5 Å². The molecule has 1 fully saturated rings. The number of methoxy groups -OCH3 is 1. The highest BCUT2D eigenvalue weighted by Gasteiger charge is 2.30. The predicted molar refractivity (Wildman–Crippen MR) is 116 cm³/mol. The van der Waals surface area contributed by atoms with Crippen molar-refractivity contribution in [2.75, 3.05) is 25.6 Å². The summed E-state index contributed by atoms with van der Waals surface area (Å²) >= 11 is 1.47. The fraction of sp³-hybridized carbons (Fsp3) is 0.364. The largest absolute Gasteiger partial charge is 0.497 e. The first-order valence-electron chi connectivity index (χ1n) is 9.85. The summed E-state index contributed by atoms with van der Waals surface area (Å²) in [5.41, 5.74) is 2.04. The van der Waals surface area contributed by atoms with Crippen LogP contribution in [0.15, 0.2) is 42.5 Å². The van der Waals surface area contributed by atoms with E-state index in [1.807, 2.05) is 37.3 Å². The van der Waals surface area contributed by atoms with E-state index in [-0.39, 0.29) is 5.91 Å². The molecule has 1 aliphatic rings. The van der Waals surface area contributed by atoms with Crippen molar-refractivity contribution in [1.82, 2.24) is 9.88 Å². The summed E-state index contributed by atoms with van der Waals surface area (Å²) in [5, 5.41) is 3.59. The summed E-state index contributed by atoms with van der Waals surface area (Å²) < 4.78 is 11.8. The van der Waals surface area contributed by atoms with Crippen molar-refractivity contribution >= 4 is 32.6 Å². The lowest BCUT2D eigenvalue weighted by Crippen LogP contribution is -2.34. The van der Waals surface area contributed by atoms with Crippen LogP contribution in [0.25, 0.3) is 10.2 Å². The van der Waals surface area contributed by atoms with Crippen molar-refractivity contribution in [1.29, 1.82) is 0 Å². The Morgan fingerprint density at radius 3 is 2.66 bits per heavy atom. The lowest BCUT2D eigenvalue weighted by Gasteiger charge is -2.21. The van der Waals surface area contributed by atoms with Gasteiger partial charge in [-0.1, -0.05) is 23.5 Å². The molecule has 29 heavy (non-hydrogen) atoms. The van der Waals surface area contributed by atoms with Crippen LogP contribution < -0.4 is 14.8 Å². The second kappa shape index (κ2) is 8.80. The number of nitrogens with one attached hydrogen (secondary N) is 1. The van der Waals surface area contributed by atoms with Crippen LogP contribution in [0.2, 0.25) is 0 Å². The van der Waals surface area contributed by atoms with E-state index >= 15 is 0 Å². The highest BCUT2D eigenvalue weighted by atomic mass is 32.1. The van der Waals surface area contributed by atoms with E-state index in [1.165, 1.54) is 16.9 Å². The summed E-state index contributed by atoms with van der Waals surface area (Å²) in [4.78, 5) is 19.4. The highest BCUT2D eigenvalue weighted by Crippen LogP contribution is 2.30. The minimum atomic E-state index is -0.0329. The lowest BCUT2D eigenvalue weighted by molar-refractivity contribution is -0.117. The van der Waals surface area contributed by atoms with E-state index < -0.39 is 0 Å². The molecule has 7 heteroatoms. The Balaban J connectivity index is 1.39. The van der Waals surface area contributed by atoms with Gasteiger partial charge in [-0.15, -0.1) is 0 Å². The van der Waals surface area contributed by atoms with Crippen LogP contribution in [0.1, 0.15) is 25.3 Å². The van der Waals surface area contributed by atoms with Crippen LogP contribution in [0.3, 0.4) is 0 Å². The zero-order valence-electron chi connectivity index (χ0n) is 16.7. The van der Waals surface area contributed by atoms with Gasteiger partial charge in [0.25, 0.3) is 0 Å². The Morgan fingerprint density at radius 1 is 1.21 bits per heavy atom. The molecule has 1 N–H and O–H groups in total. The molecule has 1 aromatic heterocycles. The van der Waals surface area contributed by atoms with Gasteiger partial charge in [0.2, 0.25) is 5.91 Å². The van der Waals surface area contributed by atoms with Crippen molar-refractivity contribution in [2.24, 2.45) is 0 Å². The SMILES string of the molecule is CCOc1ccc2nc(NC(=O)CN(Cc3ccc(OC)cc3)C3CC3)sc2c1. The number of aromatic nitrogens is 1. The number of thiazole rings is 1. The van der Waals surface area contributed by atoms with E-state index in [2.05, 4.69) is 27.3 Å². The van der Waals surface area contributed by atoms with Crippen LogP contribution in [-0.4, -0.2) is 42.1 Å². The highest BCUT2D eigenvalue weighted by molar-refractivity contribution is 7.22. The summed E-state index contributed by atoms with van der Waals surface area (Å²) in [6.45, 7) is 3.69. The van der Waals surface area contributed by atoms with Gasteiger partial charge in [0.1, 0.15) is 11.5 Å². The molecule has 6 nitrogen and oxygen atoms in total. The van der Waals surface area contributed by atoms with Crippen molar-refractivity contribution in [3.63, 3.8) is 0 Å². The Bertz CT molecular complexity index is 983. The number of hydrogen-bond donors (Lipinski definition) is 1. The molecular weight excluding hydrogens is 386 g/mol. The van der Waals surface area contributed by atoms with Gasteiger partial charge in [-0.3, -0.25) is 9.69 Å². The number of amides is 1. The number of hydrogen-bond acceptors (Lipinski definition) is 6. The van der Waals surface area contributed by atoms with Crippen molar-refractivity contribution in [3.05, 3.63) is 48.0 Å². The molecule has 2 aromatic carbocycles. The van der Waals surface area contributed by atoms with Crippen LogP contribution >= 0.6 is 11.3 Å². The normalized spacial score (nSPS) is 13.6. The molecule has 1 aliphatic carbocycles. The Labute approximate surface area is 174 Å². The quantitative estimate of drug-likeness (QED) is 0.569. The number of fused-ring (bicyclic) bond motifs is 1. The van der Waals surface area contributed by atoms with E-state index in [0.717, 1.165) is 41.1 Å². The number of nitrogens with zero attached hydrogens (tertiary/aromatic N) is 2. The Morgan fingerprint density at radius 2 is 1.97 bits per heavy atom. The summed E-state index contributed by atoms with van der Waals surface area (Å²) in [5.74, 6) is 1.63. The molecule has 0 radical (unpaired) electrons. The molecule has 0 aliphatic heterocycles. The molecule has 0 saturated heterocycles. The molecule has 0 unspecified atom stereocenters. The lowest BCUT2D eigenvalue weighted by atomic mass is 10.2. The average molecular weight is 412 g/mol. The second-order valence-electron chi connectivity index (χ2n) is 7.11. The van der Waals surface area contributed by atoms with E-state index in [1.54, 1.807) is 7.11 Å². The van der Waals surface area contributed by atoms with E-state index in [4.69, 9.17) is 9.47 Å². The van der Waals surface area contributed by atoms with E-state index in [0.29, 0.717) is 24.3 Å². The Kier molecular flexibility index (Phi) is 5.97. The average Bonchev–Trinajstić information content (AvgIpc) is 3.49. The molecular formula is C22H25N3O3S. The number of rotatable bonds is 9. The maximum Gasteiger partial charge on any atom is 0.240 e. The molecule has 0 atom stereocenters. The zero-order chi connectivity index (χ0) is 20.2. The van der Waals surface area contributed by atoms with Gasteiger partial charge < -0.3 is 14.8 Å². The van der Waals surface area contributed by atoms with Crippen molar-refractivity contribution in [3.8, 4) is 11.5 Å². The minimum Gasteiger partial charge on any atom is -0.497 e. The fourth-order valence-electron chi connectivity index (χ4n) is 3.28. The maximum atomic E-state index is 12.7. The van der Waals surface area contributed by atoms with Crippen LogP contribution in [-0.2, 0) is 11.3 Å². The number of benzene rings is 2. The monoisotopic (exact) mass is 411 g/mol. The fourth-order valence-corrected chi connectivity index (χ4v) is 4.19.